The third-order valence-electron chi connectivity index (χ3n) is 0.604. The largest absolute Gasteiger partial charge is 4.00 e. The normalized spacial score (nSPS) is 3.43. The van der Waals surface area contributed by atoms with Gasteiger partial charge in [0.25, 0.3) is 0 Å². The van der Waals surface area contributed by atoms with E-state index < -0.39 is 0 Å². The van der Waals surface area contributed by atoms with Crippen LogP contribution < -0.4 is 155 Å². The maximum absolute atomic E-state index is 3.68. The molecule has 0 fully saturated rings. The number of rotatable bonds is 2. The van der Waals surface area contributed by atoms with Crippen LogP contribution in [0, 0.1) is 0 Å². The molecule has 0 aliphatic carbocycles. The first-order valence-corrected chi connectivity index (χ1v) is 2.91. The Bertz CT molecular complexity index is 31.7. The first kappa shape index (κ1) is 61.3. The summed E-state index contributed by atoms with van der Waals surface area (Å²) in [4.78, 5) is 0. The van der Waals surface area contributed by atoms with E-state index in [1.54, 1.807) is 7.05 Å². The van der Waals surface area contributed by atoms with Crippen molar-refractivity contribution in [2.24, 2.45) is 0 Å². The van der Waals surface area contributed by atoms with Gasteiger partial charge in [-0.15, -0.1) is 0 Å². The second-order valence-electron chi connectivity index (χ2n) is 1.21. The predicted octanol–water partition coefficient (Wildman–Crippen LogP) is -19.5. The first-order valence-electron chi connectivity index (χ1n) is 2.91. The number of hydrogen-bond acceptors (Lipinski definition) is 0. The van der Waals surface area contributed by atoms with Crippen LogP contribution in [0.3, 0.4) is 0 Å². The van der Waals surface area contributed by atoms with Gasteiger partial charge < -0.3 is 155 Å². The molecule has 94 valence electrons. The summed E-state index contributed by atoms with van der Waals surface area (Å²) in [5.74, 6) is 0. The zero-order valence-corrected chi connectivity index (χ0v) is 24.1. The van der Waals surface area contributed by atoms with E-state index in [9.17, 15) is 0 Å². The van der Waals surface area contributed by atoms with Gasteiger partial charge in [-0.1, -0.05) is 13.3 Å². The van der Waals surface area contributed by atoms with Crippen LogP contribution in [-0.2, 0) is 0 Å². The fraction of sp³-hybridized carbons (Fsp3) is 1.00. The molecule has 0 aliphatic heterocycles. The first-order chi connectivity index (χ1) is 3.41. The Kier molecular flexibility index (Phi) is 353. The van der Waals surface area contributed by atoms with Crippen molar-refractivity contribution in [2.75, 3.05) is 13.6 Å². The van der Waals surface area contributed by atoms with E-state index in [-0.39, 0.29) is 168 Å². The van der Waals surface area contributed by atoms with Gasteiger partial charge in [0.2, 0.25) is 0 Å². The predicted molar refractivity (Wildman–Crippen MR) is 37.2 cm³/mol. The molecular weight excluding hydrogens is 968 g/mol. The van der Waals surface area contributed by atoms with Gasteiger partial charge in [-0.3, -0.25) is 0 Å². The second kappa shape index (κ2) is 80.7. The van der Waals surface area contributed by atoms with Crippen molar-refractivity contribution in [3.63, 3.8) is 0 Å². The minimum atomic E-state index is 0. The summed E-state index contributed by atoms with van der Waals surface area (Å²) in [5.41, 5.74) is 6.93. The summed E-state index contributed by atoms with van der Waals surface area (Å²) in [6, 6.07) is 0. The van der Waals surface area contributed by atoms with Crippen molar-refractivity contribution in [3.05, 3.63) is 0 Å². The summed E-state index contributed by atoms with van der Waals surface area (Å²) >= 11 is 0. The second-order valence-corrected chi connectivity index (χ2v) is 1.21. The van der Waals surface area contributed by atoms with Crippen LogP contribution in [0.4, 0.5) is 0 Å². The molecule has 0 aromatic carbocycles. The van der Waals surface area contributed by atoms with Crippen molar-refractivity contribution in [1.82, 2.24) is 0 Å². The molecule has 0 radical (unpaired) electrons. The molecule has 2 nitrogen and oxygen atoms in total. The number of quaternary nitrogens is 2. The van der Waals surface area contributed by atoms with Crippen LogP contribution in [0.15, 0.2) is 0 Å². The van der Waals surface area contributed by atoms with E-state index >= 15 is 0 Å². The van der Waals surface area contributed by atoms with Crippen molar-refractivity contribution in [3.8, 4) is 0 Å². The van der Waals surface area contributed by atoms with Crippen LogP contribution in [-0.4, -0.2) is 37.5 Å². The molecule has 6 N–H and O–H groups in total. The van der Waals surface area contributed by atoms with Gasteiger partial charge in [-0.25, -0.2) is 0 Å². The van der Waals surface area contributed by atoms with Crippen LogP contribution >= 0.6 is 0 Å². The summed E-state index contributed by atoms with van der Waals surface area (Å²) in [6.07, 6.45) is 2.56. The van der Waals surface area contributed by atoms with E-state index in [1.807, 2.05) is 0 Å². The maximum atomic E-state index is 3.68. The van der Waals surface area contributed by atoms with Crippen molar-refractivity contribution in [1.29, 1.82) is 0 Å². The zero-order valence-electron chi connectivity index (χ0n) is 8.30. The van der Waals surface area contributed by atoms with E-state index in [2.05, 4.69) is 18.4 Å². The Hall–Kier alpha value is 5.10. The molecule has 0 saturated carbocycles. The maximum Gasteiger partial charge on any atom is 4.00 e. The molecule has 9 heteroatoms. The summed E-state index contributed by atoms with van der Waals surface area (Å²) in [7, 11) is 1.75. The van der Waals surface area contributed by atoms with Gasteiger partial charge in [-0.05, 0) is 6.42 Å². The van der Waals surface area contributed by atoms with E-state index in [0.29, 0.717) is 0 Å². The van der Waals surface area contributed by atoms with Crippen LogP contribution in [0.25, 0.3) is 0 Å². The number of unbranched alkanes of at least 4 members (excludes halogenated alkanes) is 1. The van der Waals surface area contributed by atoms with E-state index in [4.69, 9.17) is 0 Å². The Morgan fingerprint density at radius 1 is 0.786 bits per heavy atom. The molecule has 0 spiro atoms. The minimum Gasteiger partial charge on any atom is -1.00 e. The summed E-state index contributed by atoms with van der Waals surface area (Å²) in [6.45, 7) is 3.27. The van der Waals surface area contributed by atoms with Gasteiger partial charge in [0, 0.05) is 0 Å². The standard InChI is InChI=1S/C4H11N.CH5N.6HI.Sn/c1-2-3-4-5;1-2;;;;;;;/h2-5H2,1H3;2H2,1H3;6*1H;/q;;;;;;;;+4/p-4. The zero-order chi connectivity index (χ0) is 6.12. The average Bonchev–Trinajstić information content (AvgIpc) is 1.75. The Labute approximate surface area is 208 Å². The van der Waals surface area contributed by atoms with Gasteiger partial charge in [0.1, 0.15) is 0 Å². The van der Waals surface area contributed by atoms with Gasteiger partial charge in [0.15, 0.2) is 0 Å². The number of hydrogen-bond donors (Lipinski definition) is 2. The molecule has 0 saturated heterocycles. The minimum absolute atomic E-state index is 0. The monoisotopic (exact) mass is 987 g/mol. The van der Waals surface area contributed by atoms with Gasteiger partial charge in [0.05, 0.1) is 13.6 Å². The summed E-state index contributed by atoms with van der Waals surface area (Å²) in [5, 5.41) is 0. The van der Waals surface area contributed by atoms with Crippen molar-refractivity contribution in [2.45, 2.75) is 19.8 Å². The Morgan fingerprint density at radius 2 is 1.00 bits per heavy atom. The molecule has 14 heavy (non-hydrogen) atoms. The van der Waals surface area contributed by atoms with E-state index in [1.165, 1.54) is 12.8 Å². The molecule has 0 atom stereocenters. The molecule has 0 heterocycles. The topological polar surface area (TPSA) is 55.3 Å². The smallest absolute Gasteiger partial charge is 1.00 e. The van der Waals surface area contributed by atoms with Gasteiger partial charge >= 0.3 is 23.9 Å². The van der Waals surface area contributed by atoms with E-state index in [0.717, 1.165) is 6.54 Å². The van der Waals surface area contributed by atoms with Crippen LogP contribution in [0.1, 0.15) is 19.8 Å². The number of halogens is 6. The van der Waals surface area contributed by atoms with Crippen LogP contribution in [0.2, 0.25) is 0 Å². The Balaban J connectivity index is -0.00000000377. The van der Waals surface area contributed by atoms with Crippen LogP contribution in [0.5, 0.6) is 0 Å². The van der Waals surface area contributed by atoms with Crippen molar-refractivity contribution >= 4 is 23.9 Å². The summed E-state index contributed by atoms with van der Waals surface area (Å²) < 4.78 is 0. The third-order valence-corrected chi connectivity index (χ3v) is 0.604. The third kappa shape index (κ3) is 87.9. The average molecular weight is 986 g/mol. The Morgan fingerprint density at radius 3 is 1.00 bits per heavy atom. The molecular formula is C5H18I6N2Sn. The SMILES string of the molecule is CCCC[NH3+].C[NH3+].[I-].[I-].[I-].[I-].[I-].[I-].[Sn+4]. The fourth-order valence-electron chi connectivity index (χ4n) is 0.250. The quantitative estimate of drug-likeness (QED) is 0.205. The molecule has 0 aromatic rings. The molecule has 0 bridgehead atoms. The fourth-order valence-corrected chi connectivity index (χ4v) is 0.250. The molecule has 0 rings (SSSR count). The van der Waals surface area contributed by atoms with Gasteiger partial charge in [-0.2, -0.15) is 0 Å². The molecule has 0 aromatic heterocycles. The molecule has 0 amide bonds. The molecule has 0 unspecified atom stereocenters. The van der Waals surface area contributed by atoms with Crippen molar-refractivity contribution < 1.29 is 155 Å². The molecule has 0 aliphatic rings.